The van der Waals surface area contributed by atoms with Crippen LogP contribution in [-0.2, 0) is 20.9 Å². The molecule has 3 heterocycles. The fourth-order valence-corrected chi connectivity index (χ4v) is 6.49. The van der Waals surface area contributed by atoms with Crippen molar-refractivity contribution in [3.63, 3.8) is 0 Å². The van der Waals surface area contributed by atoms with E-state index < -0.39 is 23.6 Å². The summed E-state index contributed by atoms with van der Waals surface area (Å²) in [7, 11) is 0. The number of benzene rings is 1. The zero-order valence-corrected chi connectivity index (χ0v) is 26.4. The summed E-state index contributed by atoms with van der Waals surface area (Å²) >= 11 is 1.59. The van der Waals surface area contributed by atoms with Crippen LogP contribution < -0.4 is 10.6 Å². The average molecular weight is 599 g/mol. The van der Waals surface area contributed by atoms with Gasteiger partial charge in [0.2, 0.25) is 17.7 Å². The van der Waals surface area contributed by atoms with Crippen LogP contribution in [0.3, 0.4) is 0 Å². The smallest absolute Gasteiger partial charge is 0.246 e. The van der Waals surface area contributed by atoms with E-state index in [-0.39, 0.29) is 37.2 Å². The normalized spacial score (nSPS) is 20.9. The summed E-state index contributed by atoms with van der Waals surface area (Å²) in [6.45, 7) is 15.0. The maximum atomic E-state index is 13.8. The van der Waals surface area contributed by atoms with E-state index in [4.69, 9.17) is 0 Å². The Morgan fingerprint density at radius 1 is 1.10 bits per heavy atom. The van der Waals surface area contributed by atoms with E-state index in [0.29, 0.717) is 6.54 Å². The Hall–Kier alpha value is -2.86. The molecule has 2 aliphatic heterocycles. The van der Waals surface area contributed by atoms with Crippen LogP contribution in [0.1, 0.15) is 51.8 Å². The Kier molecular flexibility index (Phi) is 10.7. The molecule has 42 heavy (non-hydrogen) atoms. The van der Waals surface area contributed by atoms with Gasteiger partial charge in [-0.3, -0.25) is 19.3 Å². The van der Waals surface area contributed by atoms with Gasteiger partial charge in [-0.1, -0.05) is 52.0 Å². The quantitative estimate of drug-likeness (QED) is 0.384. The predicted octanol–water partition coefficient (Wildman–Crippen LogP) is 2.26. The molecule has 3 N–H and O–H groups in total. The SMILES string of the molecule is CCCN1CCN(CC(=O)N[C@H](C(=O)N2C[C@H](O)C[C@H]2C(=O)NCc2ccc(-c3scnc3C)cc2)C(C)(C)C)CC1. The van der Waals surface area contributed by atoms with Crippen molar-refractivity contribution in [1.82, 2.24) is 30.3 Å². The molecule has 4 rings (SSSR count). The first kappa shape index (κ1) is 32.1. The number of carbonyl (C=O) groups excluding carboxylic acids is 3. The maximum Gasteiger partial charge on any atom is 0.246 e. The molecule has 2 fully saturated rings. The van der Waals surface area contributed by atoms with Gasteiger partial charge in [0, 0.05) is 45.7 Å². The second-order valence-corrected chi connectivity index (χ2v) is 13.4. The van der Waals surface area contributed by atoms with Crippen LogP contribution in [-0.4, -0.2) is 107 Å². The zero-order valence-electron chi connectivity index (χ0n) is 25.6. The minimum absolute atomic E-state index is 0.0572. The van der Waals surface area contributed by atoms with Gasteiger partial charge in [-0.05, 0) is 36.4 Å². The maximum absolute atomic E-state index is 13.8. The second kappa shape index (κ2) is 14.1. The summed E-state index contributed by atoms with van der Waals surface area (Å²) in [6, 6.07) is 6.33. The van der Waals surface area contributed by atoms with Gasteiger partial charge in [-0.2, -0.15) is 0 Å². The van der Waals surface area contributed by atoms with Crippen molar-refractivity contribution in [2.24, 2.45) is 5.41 Å². The van der Waals surface area contributed by atoms with Crippen LogP contribution >= 0.6 is 11.3 Å². The van der Waals surface area contributed by atoms with E-state index in [9.17, 15) is 19.5 Å². The lowest BCUT2D eigenvalue weighted by molar-refractivity contribution is -0.144. The highest BCUT2D eigenvalue weighted by molar-refractivity contribution is 7.13. The number of aliphatic hydroxyl groups is 1. The average Bonchev–Trinajstić information content (AvgIpc) is 3.56. The third kappa shape index (κ3) is 8.15. The summed E-state index contributed by atoms with van der Waals surface area (Å²) in [4.78, 5) is 51.6. The molecule has 0 unspecified atom stereocenters. The number of thiazole rings is 1. The monoisotopic (exact) mass is 598 g/mol. The Balaban J connectivity index is 1.35. The molecule has 0 spiro atoms. The third-order valence-electron chi connectivity index (χ3n) is 8.08. The molecule has 3 atom stereocenters. The van der Waals surface area contributed by atoms with E-state index >= 15 is 0 Å². The first-order valence-electron chi connectivity index (χ1n) is 15.0. The molecule has 2 saturated heterocycles. The van der Waals surface area contributed by atoms with Crippen LogP contribution in [0.5, 0.6) is 0 Å². The summed E-state index contributed by atoms with van der Waals surface area (Å²) < 4.78 is 0. The predicted molar refractivity (Wildman–Crippen MR) is 165 cm³/mol. The summed E-state index contributed by atoms with van der Waals surface area (Å²) in [5, 5.41) is 16.4. The van der Waals surface area contributed by atoms with E-state index in [2.05, 4.69) is 32.3 Å². The Bertz CT molecular complexity index is 1220. The number of nitrogens with one attached hydrogen (secondary N) is 2. The summed E-state index contributed by atoms with van der Waals surface area (Å²) in [5.41, 5.74) is 4.24. The summed E-state index contributed by atoms with van der Waals surface area (Å²) in [6.07, 6.45) is 0.469. The molecule has 0 aliphatic carbocycles. The summed E-state index contributed by atoms with van der Waals surface area (Å²) in [5.74, 6) is -0.860. The molecule has 1 aromatic carbocycles. The highest BCUT2D eigenvalue weighted by atomic mass is 32.1. The van der Waals surface area contributed by atoms with Crippen molar-refractivity contribution < 1.29 is 19.5 Å². The first-order chi connectivity index (χ1) is 20.0. The van der Waals surface area contributed by atoms with Crippen LogP contribution in [0.2, 0.25) is 0 Å². The lowest BCUT2D eigenvalue weighted by atomic mass is 9.85. The van der Waals surface area contributed by atoms with Gasteiger partial charge in [0.05, 0.1) is 28.7 Å². The molecule has 0 radical (unpaired) electrons. The van der Waals surface area contributed by atoms with E-state index in [1.54, 1.807) is 11.3 Å². The number of amides is 3. The fourth-order valence-electron chi connectivity index (χ4n) is 5.68. The number of nitrogens with zero attached hydrogens (tertiary/aromatic N) is 4. The zero-order chi connectivity index (χ0) is 30.4. The van der Waals surface area contributed by atoms with Gasteiger partial charge >= 0.3 is 0 Å². The topological polar surface area (TPSA) is 118 Å². The number of carbonyl (C=O) groups is 3. The van der Waals surface area contributed by atoms with Crippen molar-refractivity contribution in [2.45, 2.75) is 72.2 Å². The van der Waals surface area contributed by atoms with Gasteiger partial charge in [-0.25, -0.2) is 4.98 Å². The standard InChI is InChI=1S/C31H46N6O4S/c1-6-11-35-12-14-36(15-13-35)19-26(39)34-28(31(3,4)5)30(41)37-18-24(38)16-25(37)29(40)32-17-22-7-9-23(10-8-22)27-21(2)33-20-42-27/h7-10,20,24-25,28,38H,6,11-19H2,1-5H3,(H,32,40)(H,34,39)/t24-,25+,28-/m1/s1. The van der Waals surface area contributed by atoms with Gasteiger partial charge < -0.3 is 25.5 Å². The highest BCUT2D eigenvalue weighted by Gasteiger charge is 2.44. The molecule has 11 heteroatoms. The Morgan fingerprint density at radius 3 is 2.36 bits per heavy atom. The minimum Gasteiger partial charge on any atom is -0.391 e. The third-order valence-corrected chi connectivity index (χ3v) is 9.06. The molecule has 0 saturated carbocycles. The van der Waals surface area contributed by atoms with Crippen molar-refractivity contribution in [1.29, 1.82) is 0 Å². The lowest BCUT2D eigenvalue weighted by Gasteiger charge is -2.37. The first-order valence-corrected chi connectivity index (χ1v) is 15.8. The molecule has 2 aliphatic rings. The van der Waals surface area contributed by atoms with Gasteiger partial charge in [0.15, 0.2) is 0 Å². The van der Waals surface area contributed by atoms with E-state index in [0.717, 1.165) is 60.8 Å². The molecular weight excluding hydrogens is 552 g/mol. The lowest BCUT2D eigenvalue weighted by Crippen LogP contribution is -2.59. The van der Waals surface area contributed by atoms with Crippen molar-refractivity contribution >= 4 is 29.1 Å². The molecular formula is C31H46N6O4S. The molecule has 1 aromatic heterocycles. The number of β-amino-alcohol motifs (C(OH)–C–C–N with tert-alkyl or cyclic N) is 1. The van der Waals surface area contributed by atoms with E-state index in [1.165, 1.54) is 4.90 Å². The number of aryl methyl sites for hydroxylation is 1. The van der Waals surface area contributed by atoms with E-state index in [1.807, 2.05) is 57.5 Å². The minimum atomic E-state index is -0.824. The number of hydrogen-bond donors (Lipinski definition) is 3. The molecule has 230 valence electrons. The van der Waals surface area contributed by atoms with Gasteiger partial charge in [0.1, 0.15) is 12.1 Å². The Labute approximate surface area is 253 Å². The number of hydrogen-bond acceptors (Lipinski definition) is 8. The fraction of sp³-hybridized carbons (Fsp3) is 0.613. The number of rotatable bonds is 10. The Morgan fingerprint density at radius 2 is 1.76 bits per heavy atom. The molecule has 0 bridgehead atoms. The number of likely N-dealkylation sites (tertiary alicyclic amines) is 1. The number of piperazine rings is 1. The number of aromatic nitrogens is 1. The highest BCUT2D eigenvalue weighted by Crippen LogP contribution is 2.28. The van der Waals surface area contributed by atoms with Crippen molar-refractivity contribution in [3.8, 4) is 10.4 Å². The van der Waals surface area contributed by atoms with Crippen LogP contribution in [0.15, 0.2) is 29.8 Å². The van der Waals surface area contributed by atoms with Crippen LogP contribution in [0, 0.1) is 12.3 Å². The van der Waals surface area contributed by atoms with Crippen LogP contribution in [0.4, 0.5) is 0 Å². The molecule has 10 nitrogen and oxygen atoms in total. The second-order valence-electron chi connectivity index (χ2n) is 12.6. The van der Waals surface area contributed by atoms with Crippen molar-refractivity contribution in [3.05, 3.63) is 41.0 Å². The van der Waals surface area contributed by atoms with Gasteiger partial charge in [0.25, 0.3) is 0 Å². The van der Waals surface area contributed by atoms with Crippen LogP contribution in [0.25, 0.3) is 10.4 Å². The molecule has 2 aromatic rings. The molecule has 3 amide bonds. The van der Waals surface area contributed by atoms with Gasteiger partial charge in [-0.15, -0.1) is 11.3 Å². The number of aliphatic hydroxyl groups excluding tert-OH is 1. The largest absolute Gasteiger partial charge is 0.391 e. The van der Waals surface area contributed by atoms with Crippen molar-refractivity contribution in [2.75, 3.05) is 45.8 Å².